The number of halogens is 2. The quantitative estimate of drug-likeness (QED) is 0.553. The minimum atomic E-state index is -0.606. The average Bonchev–Trinajstić information content (AvgIpc) is 2.67. The number of amides is 1. The van der Waals surface area contributed by atoms with Gasteiger partial charge in [0, 0.05) is 52.2 Å². The van der Waals surface area contributed by atoms with Crippen molar-refractivity contribution in [1.29, 1.82) is 0 Å². The predicted octanol–water partition coefficient (Wildman–Crippen LogP) is 4.91. The Labute approximate surface area is 176 Å². The molecule has 4 rings (SSSR count). The van der Waals surface area contributed by atoms with E-state index in [0.29, 0.717) is 33.3 Å². The van der Waals surface area contributed by atoms with Gasteiger partial charge in [0.05, 0.1) is 4.92 Å². The van der Waals surface area contributed by atoms with Gasteiger partial charge in [-0.15, -0.1) is 0 Å². The molecule has 0 saturated carbocycles. The fraction of sp³-hybridized carbons (Fsp3) is 0.238. The Kier molecular flexibility index (Phi) is 5.15. The van der Waals surface area contributed by atoms with E-state index in [1.165, 1.54) is 18.2 Å². The highest BCUT2D eigenvalue weighted by Gasteiger charge is 2.39. The first-order chi connectivity index (χ1) is 13.8. The summed E-state index contributed by atoms with van der Waals surface area (Å²) in [7, 11) is 0. The number of benzene rings is 2. The first-order valence-electron chi connectivity index (χ1n) is 9.09. The third kappa shape index (κ3) is 3.66. The van der Waals surface area contributed by atoms with Gasteiger partial charge in [-0.05, 0) is 35.6 Å². The molecule has 6 nitrogen and oxygen atoms in total. The van der Waals surface area contributed by atoms with E-state index in [9.17, 15) is 19.7 Å². The van der Waals surface area contributed by atoms with E-state index in [4.69, 9.17) is 23.2 Å². The molecule has 148 valence electrons. The Balaban J connectivity index is 1.77. The predicted molar refractivity (Wildman–Crippen MR) is 109 cm³/mol. The van der Waals surface area contributed by atoms with Crippen molar-refractivity contribution in [1.82, 2.24) is 5.32 Å². The zero-order valence-electron chi connectivity index (χ0n) is 15.2. The number of carbonyl (C=O) groups is 2. The number of Topliss-reactive ketones (excluding diaryl/α,β-unsaturated/α-hetero) is 1. The van der Waals surface area contributed by atoms with Crippen molar-refractivity contribution in [3.8, 4) is 0 Å². The Bertz CT molecular complexity index is 1080. The van der Waals surface area contributed by atoms with Crippen LogP contribution in [-0.2, 0) is 9.59 Å². The van der Waals surface area contributed by atoms with Crippen molar-refractivity contribution in [2.24, 2.45) is 0 Å². The highest BCUT2D eigenvalue weighted by molar-refractivity contribution is 6.32. The summed E-state index contributed by atoms with van der Waals surface area (Å²) in [5.41, 5.74) is 2.19. The molecule has 1 aliphatic carbocycles. The van der Waals surface area contributed by atoms with Crippen LogP contribution in [0.1, 0.15) is 42.2 Å². The monoisotopic (exact) mass is 430 g/mol. The SMILES string of the molecule is O=C1C[C@H](c2cc([N+](=O)[O-])ccc2Cl)C2=C(C[C@@H](c3ccccc3Cl)CC2=O)N1. The van der Waals surface area contributed by atoms with Crippen LogP contribution < -0.4 is 5.32 Å². The summed E-state index contributed by atoms with van der Waals surface area (Å²) >= 11 is 12.6. The molecule has 2 aliphatic rings. The molecule has 1 N–H and O–H groups in total. The highest BCUT2D eigenvalue weighted by atomic mass is 35.5. The van der Waals surface area contributed by atoms with Crippen molar-refractivity contribution in [3.63, 3.8) is 0 Å². The van der Waals surface area contributed by atoms with Crippen LogP contribution in [0, 0.1) is 10.1 Å². The molecule has 0 fully saturated rings. The molecule has 0 radical (unpaired) electrons. The van der Waals surface area contributed by atoms with Crippen LogP contribution in [0.2, 0.25) is 10.0 Å². The normalized spacial score (nSPS) is 21.6. The van der Waals surface area contributed by atoms with Crippen LogP contribution in [0.4, 0.5) is 5.69 Å². The third-order valence-corrected chi connectivity index (χ3v) is 6.14. The van der Waals surface area contributed by atoms with Gasteiger partial charge in [0.25, 0.3) is 5.69 Å². The highest BCUT2D eigenvalue weighted by Crippen LogP contribution is 2.45. The second kappa shape index (κ2) is 7.61. The number of hydrogen-bond acceptors (Lipinski definition) is 4. The van der Waals surface area contributed by atoms with E-state index in [-0.39, 0.29) is 36.1 Å². The third-order valence-electron chi connectivity index (χ3n) is 5.45. The molecular weight excluding hydrogens is 415 g/mol. The molecule has 2 aromatic carbocycles. The summed E-state index contributed by atoms with van der Waals surface area (Å²) in [6.07, 6.45) is 0.725. The first kappa shape index (κ1) is 19.6. The fourth-order valence-corrected chi connectivity index (χ4v) is 4.70. The van der Waals surface area contributed by atoms with Crippen LogP contribution in [0.5, 0.6) is 0 Å². The van der Waals surface area contributed by atoms with Crippen LogP contribution in [0.25, 0.3) is 0 Å². The van der Waals surface area contributed by atoms with Crippen LogP contribution >= 0.6 is 23.2 Å². The Morgan fingerprint density at radius 3 is 2.41 bits per heavy atom. The molecule has 0 unspecified atom stereocenters. The van der Waals surface area contributed by atoms with Gasteiger partial charge >= 0.3 is 0 Å². The lowest BCUT2D eigenvalue weighted by Crippen LogP contribution is -2.38. The number of carbonyl (C=O) groups excluding carboxylic acids is 2. The smallest absolute Gasteiger partial charge is 0.269 e. The van der Waals surface area contributed by atoms with E-state index < -0.39 is 10.8 Å². The fourth-order valence-electron chi connectivity index (χ4n) is 4.16. The molecule has 2 atom stereocenters. The number of rotatable bonds is 3. The van der Waals surface area contributed by atoms with Crippen molar-refractivity contribution >= 4 is 40.6 Å². The summed E-state index contributed by atoms with van der Waals surface area (Å²) in [6.45, 7) is 0. The first-order valence-corrected chi connectivity index (χ1v) is 9.85. The lowest BCUT2D eigenvalue weighted by atomic mass is 9.73. The number of nitrogens with one attached hydrogen (secondary N) is 1. The number of nitro benzene ring substituents is 1. The molecule has 0 bridgehead atoms. The second-order valence-corrected chi connectivity index (χ2v) is 8.02. The minimum Gasteiger partial charge on any atom is -0.329 e. The zero-order chi connectivity index (χ0) is 20.7. The Morgan fingerprint density at radius 2 is 1.69 bits per heavy atom. The number of hydrogen-bond donors (Lipinski definition) is 1. The van der Waals surface area contributed by atoms with E-state index in [1.54, 1.807) is 6.07 Å². The van der Waals surface area contributed by atoms with E-state index in [0.717, 1.165) is 5.56 Å². The van der Waals surface area contributed by atoms with E-state index in [2.05, 4.69) is 5.32 Å². The summed E-state index contributed by atoms with van der Waals surface area (Å²) < 4.78 is 0. The van der Waals surface area contributed by atoms with Gasteiger partial charge in [-0.2, -0.15) is 0 Å². The van der Waals surface area contributed by atoms with Gasteiger partial charge in [-0.25, -0.2) is 0 Å². The molecule has 29 heavy (non-hydrogen) atoms. The molecule has 1 amide bonds. The molecule has 0 spiro atoms. The molecule has 8 heteroatoms. The molecule has 2 aromatic rings. The van der Waals surface area contributed by atoms with E-state index in [1.807, 2.05) is 18.2 Å². The molecular formula is C21H16Cl2N2O4. The lowest BCUT2D eigenvalue weighted by Gasteiger charge is -2.34. The van der Waals surface area contributed by atoms with Gasteiger partial charge in [-0.1, -0.05) is 41.4 Å². The van der Waals surface area contributed by atoms with Gasteiger partial charge in [-0.3, -0.25) is 19.7 Å². The maximum Gasteiger partial charge on any atom is 0.269 e. The van der Waals surface area contributed by atoms with Gasteiger partial charge < -0.3 is 5.32 Å². The Hall–Kier alpha value is -2.70. The summed E-state index contributed by atoms with van der Waals surface area (Å²) in [6, 6.07) is 11.4. The number of nitro groups is 1. The summed E-state index contributed by atoms with van der Waals surface area (Å²) in [4.78, 5) is 36.2. The number of ketones is 1. The average molecular weight is 431 g/mol. The number of nitrogens with zero attached hydrogens (tertiary/aromatic N) is 1. The van der Waals surface area contributed by atoms with Crippen LogP contribution in [-0.4, -0.2) is 16.6 Å². The second-order valence-electron chi connectivity index (χ2n) is 7.21. The van der Waals surface area contributed by atoms with Gasteiger partial charge in [0.15, 0.2) is 5.78 Å². The number of allylic oxidation sites excluding steroid dienone is 2. The largest absolute Gasteiger partial charge is 0.329 e. The molecule has 0 aromatic heterocycles. The minimum absolute atomic E-state index is 0.0161. The van der Waals surface area contributed by atoms with Gasteiger partial charge in [0.1, 0.15) is 0 Å². The van der Waals surface area contributed by atoms with Crippen molar-refractivity contribution in [3.05, 3.63) is 85.0 Å². The molecule has 0 saturated heterocycles. The topological polar surface area (TPSA) is 89.3 Å². The number of non-ortho nitro benzene ring substituents is 1. The molecule has 1 heterocycles. The van der Waals surface area contributed by atoms with Crippen molar-refractivity contribution in [2.45, 2.75) is 31.1 Å². The standard InChI is InChI=1S/C21H16Cl2N2O4/c22-16-4-2-1-3-13(16)11-7-18-21(19(26)8-11)15(10-20(27)24-18)14-9-12(25(28)29)5-6-17(14)23/h1-6,9,11,15H,7-8,10H2,(H,24,27)/t11-,15-/m1/s1. The Morgan fingerprint density at radius 1 is 0.966 bits per heavy atom. The molecule has 1 aliphatic heterocycles. The van der Waals surface area contributed by atoms with Crippen molar-refractivity contribution < 1.29 is 14.5 Å². The van der Waals surface area contributed by atoms with Gasteiger partial charge in [0.2, 0.25) is 5.91 Å². The van der Waals surface area contributed by atoms with Crippen molar-refractivity contribution in [2.75, 3.05) is 0 Å². The van der Waals surface area contributed by atoms with Crippen LogP contribution in [0.3, 0.4) is 0 Å². The van der Waals surface area contributed by atoms with Crippen LogP contribution in [0.15, 0.2) is 53.7 Å². The summed E-state index contributed by atoms with van der Waals surface area (Å²) in [5.74, 6) is -1.10. The maximum atomic E-state index is 13.1. The summed E-state index contributed by atoms with van der Waals surface area (Å²) in [5, 5.41) is 14.9. The lowest BCUT2D eigenvalue weighted by molar-refractivity contribution is -0.384. The van der Waals surface area contributed by atoms with E-state index >= 15 is 0 Å². The zero-order valence-corrected chi connectivity index (χ0v) is 16.7. The maximum absolute atomic E-state index is 13.1.